The molecule has 3 rings (SSSR count). The molecule has 2 N–H and O–H groups in total. The molecule has 1 aliphatic heterocycles. The highest BCUT2D eigenvalue weighted by Crippen LogP contribution is 2.31. The van der Waals surface area contributed by atoms with Crippen LogP contribution in [0.3, 0.4) is 0 Å². The van der Waals surface area contributed by atoms with E-state index in [9.17, 15) is 9.59 Å². The van der Waals surface area contributed by atoms with Gasteiger partial charge in [0.2, 0.25) is 0 Å². The standard InChI is InChI=1S/C14H13N3O2S/c1-7-3-4-9-10(5-7)13(19)17(12(9)18)14-16-11(6-20-14)8(2)15/h3-6,8H,15H2,1-2H3. The Hall–Kier alpha value is -2.05. The molecule has 0 aliphatic carbocycles. The lowest BCUT2D eigenvalue weighted by molar-refractivity contribution is 0.0926. The molecule has 1 atom stereocenters. The number of hydrogen-bond acceptors (Lipinski definition) is 5. The van der Waals surface area contributed by atoms with Crippen molar-refractivity contribution in [2.24, 2.45) is 5.73 Å². The lowest BCUT2D eigenvalue weighted by Gasteiger charge is -2.09. The summed E-state index contributed by atoms with van der Waals surface area (Å²) in [4.78, 5) is 30.1. The second-order valence-corrected chi connectivity index (χ2v) is 5.67. The number of carbonyl (C=O) groups excluding carboxylic acids is 2. The van der Waals surface area contributed by atoms with Crippen LogP contribution in [0.25, 0.3) is 0 Å². The number of anilines is 1. The Morgan fingerprint density at radius 3 is 2.60 bits per heavy atom. The fraction of sp³-hybridized carbons (Fsp3) is 0.214. The zero-order valence-corrected chi connectivity index (χ0v) is 11.9. The minimum Gasteiger partial charge on any atom is -0.323 e. The van der Waals surface area contributed by atoms with E-state index in [2.05, 4.69) is 4.98 Å². The van der Waals surface area contributed by atoms with E-state index in [0.717, 1.165) is 10.5 Å². The van der Waals surface area contributed by atoms with Gasteiger partial charge in [0.1, 0.15) is 0 Å². The summed E-state index contributed by atoms with van der Waals surface area (Å²) >= 11 is 1.25. The molecule has 1 aliphatic rings. The van der Waals surface area contributed by atoms with E-state index in [1.54, 1.807) is 17.5 Å². The third-order valence-electron chi connectivity index (χ3n) is 3.21. The van der Waals surface area contributed by atoms with Crippen LogP contribution in [-0.4, -0.2) is 16.8 Å². The second-order valence-electron chi connectivity index (χ2n) is 4.84. The average molecular weight is 287 g/mol. The van der Waals surface area contributed by atoms with Gasteiger partial charge in [-0.15, -0.1) is 11.3 Å². The molecule has 0 saturated carbocycles. The molecule has 2 amide bonds. The van der Waals surface area contributed by atoms with Crippen LogP contribution in [0.2, 0.25) is 0 Å². The van der Waals surface area contributed by atoms with Crippen molar-refractivity contribution in [2.45, 2.75) is 19.9 Å². The van der Waals surface area contributed by atoms with Crippen molar-refractivity contribution in [1.82, 2.24) is 4.98 Å². The van der Waals surface area contributed by atoms with Crippen molar-refractivity contribution in [1.29, 1.82) is 0 Å². The molecular formula is C14H13N3O2S. The predicted molar refractivity (Wildman–Crippen MR) is 77.0 cm³/mol. The van der Waals surface area contributed by atoms with Gasteiger partial charge in [-0.3, -0.25) is 9.59 Å². The Balaban J connectivity index is 2.04. The van der Waals surface area contributed by atoms with Crippen molar-refractivity contribution in [3.8, 4) is 0 Å². The SMILES string of the molecule is Cc1ccc2c(c1)C(=O)N(c1nc(C(C)N)cs1)C2=O. The molecule has 0 saturated heterocycles. The van der Waals surface area contributed by atoms with Gasteiger partial charge < -0.3 is 5.73 Å². The largest absolute Gasteiger partial charge is 0.323 e. The van der Waals surface area contributed by atoms with Crippen molar-refractivity contribution in [3.05, 3.63) is 46.0 Å². The highest BCUT2D eigenvalue weighted by atomic mass is 32.1. The Morgan fingerprint density at radius 2 is 1.95 bits per heavy atom. The Kier molecular flexibility index (Phi) is 2.92. The summed E-state index contributed by atoms with van der Waals surface area (Å²) < 4.78 is 0. The maximum absolute atomic E-state index is 12.4. The zero-order chi connectivity index (χ0) is 14.4. The number of benzene rings is 1. The third kappa shape index (κ3) is 1.85. The Morgan fingerprint density at radius 1 is 1.25 bits per heavy atom. The molecule has 1 unspecified atom stereocenters. The monoisotopic (exact) mass is 287 g/mol. The molecule has 0 fully saturated rings. The Bertz CT molecular complexity index is 721. The number of nitrogens with two attached hydrogens (primary N) is 1. The van der Waals surface area contributed by atoms with Crippen molar-refractivity contribution in [3.63, 3.8) is 0 Å². The van der Waals surface area contributed by atoms with Crippen molar-refractivity contribution in [2.75, 3.05) is 4.90 Å². The molecule has 1 aromatic carbocycles. The van der Waals surface area contributed by atoms with E-state index >= 15 is 0 Å². The molecule has 6 heteroatoms. The first-order chi connectivity index (χ1) is 9.49. The van der Waals surface area contributed by atoms with Gasteiger partial charge in [0.05, 0.1) is 16.8 Å². The van der Waals surface area contributed by atoms with Crippen LogP contribution < -0.4 is 10.6 Å². The summed E-state index contributed by atoms with van der Waals surface area (Å²) in [6.45, 7) is 3.70. The first kappa shape index (κ1) is 13.0. The van der Waals surface area contributed by atoms with Gasteiger partial charge in [-0.25, -0.2) is 9.88 Å². The van der Waals surface area contributed by atoms with Crippen LogP contribution in [0.1, 0.15) is 44.9 Å². The highest BCUT2D eigenvalue weighted by molar-refractivity contribution is 7.14. The molecule has 5 nitrogen and oxygen atoms in total. The van der Waals surface area contributed by atoms with Crippen molar-refractivity contribution >= 4 is 28.3 Å². The van der Waals surface area contributed by atoms with Gasteiger partial charge in [-0.2, -0.15) is 0 Å². The molecular weight excluding hydrogens is 274 g/mol. The fourth-order valence-electron chi connectivity index (χ4n) is 2.12. The fourth-order valence-corrected chi connectivity index (χ4v) is 3.04. The van der Waals surface area contributed by atoms with Crippen LogP contribution in [0.5, 0.6) is 0 Å². The number of amides is 2. The topological polar surface area (TPSA) is 76.3 Å². The molecule has 0 bridgehead atoms. The molecule has 1 aromatic heterocycles. The summed E-state index contributed by atoms with van der Waals surface area (Å²) in [5.41, 5.74) is 8.25. The van der Waals surface area contributed by atoms with Crippen molar-refractivity contribution < 1.29 is 9.59 Å². The summed E-state index contributed by atoms with van der Waals surface area (Å²) in [5.74, 6) is -0.644. The van der Waals surface area contributed by atoms with E-state index in [1.165, 1.54) is 11.3 Å². The molecule has 2 aromatic rings. The number of thiazole rings is 1. The van der Waals surface area contributed by atoms with Gasteiger partial charge in [-0.05, 0) is 26.0 Å². The Labute approximate surface area is 120 Å². The van der Waals surface area contributed by atoms with E-state index in [4.69, 9.17) is 5.73 Å². The predicted octanol–water partition coefficient (Wildman–Crippen LogP) is 2.27. The number of imide groups is 1. The van der Waals surface area contributed by atoms with E-state index in [0.29, 0.717) is 22.0 Å². The number of aryl methyl sites for hydroxylation is 1. The van der Waals surface area contributed by atoms with Gasteiger partial charge in [-0.1, -0.05) is 11.6 Å². The molecule has 102 valence electrons. The van der Waals surface area contributed by atoms with E-state index in [1.807, 2.05) is 19.9 Å². The van der Waals surface area contributed by atoms with Gasteiger partial charge in [0, 0.05) is 11.4 Å². The second kappa shape index (κ2) is 4.50. The van der Waals surface area contributed by atoms with Crippen LogP contribution in [-0.2, 0) is 0 Å². The van der Waals surface area contributed by atoms with Crippen LogP contribution in [0, 0.1) is 6.92 Å². The van der Waals surface area contributed by atoms with Gasteiger partial charge in [0.15, 0.2) is 5.13 Å². The number of hydrogen-bond donors (Lipinski definition) is 1. The number of aromatic nitrogens is 1. The third-order valence-corrected chi connectivity index (χ3v) is 4.05. The average Bonchev–Trinajstić information content (AvgIpc) is 2.95. The van der Waals surface area contributed by atoms with Gasteiger partial charge in [0.25, 0.3) is 11.8 Å². The lowest BCUT2D eigenvalue weighted by atomic mass is 10.1. The summed E-state index contributed by atoms with van der Waals surface area (Å²) in [6, 6.07) is 5.01. The highest BCUT2D eigenvalue weighted by Gasteiger charge is 2.38. The minimum absolute atomic E-state index is 0.225. The van der Waals surface area contributed by atoms with Gasteiger partial charge >= 0.3 is 0 Å². The minimum atomic E-state index is -0.324. The maximum atomic E-state index is 12.4. The number of rotatable bonds is 2. The van der Waals surface area contributed by atoms with E-state index in [-0.39, 0.29) is 17.9 Å². The number of carbonyl (C=O) groups is 2. The lowest BCUT2D eigenvalue weighted by Crippen LogP contribution is -2.29. The zero-order valence-electron chi connectivity index (χ0n) is 11.1. The summed E-state index contributed by atoms with van der Waals surface area (Å²) in [6.07, 6.45) is 0. The molecule has 20 heavy (non-hydrogen) atoms. The van der Waals surface area contributed by atoms with E-state index < -0.39 is 0 Å². The summed E-state index contributed by atoms with van der Waals surface area (Å²) in [7, 11) is 0. The number of nitrogens with zero attached hydrogens (tertiary/aromatic N) is 2. The normalized spacial score (nSPS) is 15.7. The first-order valence-corrected chi connectivity index (χ1v) is 7.07. The first-order valence-electron chi connectivity index (χ1n) is 6.19. The quantitative estimate of drug-likeness (QED) is 0.860. The smallest absolute Gasteiger partial charge is 0.268 e. The van der Waals surface area contributed by atoms with Crippen LogP contribution >= 0.6 is 11.3 Å². The van der Waals surface area contributed by atoms with Crippen LogP contribution in [0.15, 0.2) is 23.6 Å². The molecule has 2 heterocycles. The summed E-state index contributed by atoms with van der Waals surface area (Å²) in [5, 5.41) is 2.15. The van der Waals surface area contributed by atoms with Crippen LogP contribution in [0.4, 0.5) is 5.13 Å². The molecule has 0 radical (unpaired) electrons. The number of fused-ring (bicyclic) bond motifs is 1. The molecule has 0 spiro atoms. The maximum Gasteiger partial charge on any atom is 0.268 e.